The van der Waals surface area contributed by atoms with Gasteiger partial charge in [0.2, 0.25) is 0 Å². The number of rotatable bonds is 6. The van der Waals surface area contributed by atoms with E-state index in [0.717, 1.165) is 36.6 Å². The summed E-state index contributed by atoms with van der Waals surface area (Å²) in [6, 6.07) is 5.95. The number of aromatic nitrogens is 2. The summed E-state index contributed by atoms with van der Waals surface area (Å²) in [5.74, 6) is 0. The lowest BCUT2D eigenvalue weighted by Crippen LogP contribution is -2.13. The van der Waals surface area contributed by atoms with E-state index in [-0.39, 0.29) is 0 Å². The Morgan fingerprint density at radius 1 is 1.28 bits per heavy atom. The van der Waals surface area contributed by atoms with Gasteiger partial charge in [-0.25, -0.2) is 4.98 Å². The molecule has 1 N–H and O–H groups in total. The van der Waals surface area contributed by atoms with E-state index >= 15 is 0 Å². The maximum Gasteiger partial charge on any atom is 0.142 e. The van der Waals surface area contributed by atoms with E-state index in [1.165, 1.54) is 10.6 Å². The maximum absolute atomic E-state index is 4.69. The normalized spacial score (nSPS) is 10.8. The van der Waals surface area contributed by atoms with E-state index in [4.69, 9.17) is 4.98 Å². The zero-order valence-corrected chi connectivity index (χ0v) is 11.8. The van der Waals surface area contributed by atoms with Crippen LogP contribution in [0.1, 0.15) is 30.8 Å². The number of thiazole rings is 1. The highest BCUT2D eigenvalue weighted by Gasteiger charge is 2.11. The van der Waals surface area contributed by atoms with Crippen LogP contribution in [0.5, 0.6) is 0 Å². The molecular weight excluding hydrogens is 242 g/mol. The van der Waals surface area contributed by atoms with Crippen LogP contribution in [-0.4, -0.2) is 16.5 Å². The van der Waals surface area contributed by atoms with E-state index in [2.05, 4.69) is 24.1 Å². The van der Waals surface area contributed by atoms with Crippen molar-refractivity contribution in [1.29, 1.82) is 0 Å². The molecule has 2 aromatic rings. The van der Waals surface area contributed by atoms with Gasteiger partial charge < -0.3 is 5.32 Å². The second-order valence-electron chi connectivity index (χ2n) is 4.13. The zero-order chi connectivity index (χ0) is 12.8. The molecule has 0 aromatic carbocycles. The van der Waals surface area contributed by atoms with Gasteiger partial charge in [0.05, 0.1) is 11.4 Å². The van der Waals surface area contributed by atoms with E-state index < -0.39 is 0 Å². The van der Waals surface area contributed by atoms with Gasteiger partial charge in [-0.2, -0.15) is 0 Å². The van der Waals surface area contributed by atoms with Crippen LogP contribution in [0.25, 0.3) is 10.7 Å². The number of hydrogen-bond acceptors (Lipinski definition) is 4. The molecule has 0 aliphatic rings. The van der Waals surface area contributed by atoms with Crippen molar-refractivity contribution in [3.05, 3.63) is 35.0 Å². The van der Waals surface area contributed by atoms with Crippen molar-refractivity contribution < 1.29 is 0 Å². The predicted molar refractivity (Wildman–Crippen MR) is 76.7 cm³/mol. The molecule has 18 heavy (non-hydrogen) atoms. The lowest BCUT2D eigenvalue weighted by molar-refractivity contribution is 0.677. The van der Waals surface area contributed by atoms with Crippen molar-refractivity contribution >= 4 is 11.3 Å². The SMILES string of the molecule is CCCNCc1sc(-c2ccccn2)nc1CC. The first-order chi connectivity index (χ1) is 8.85. The summed E-state index contributed by atoms with van der Waals surface area (Å²) in [5.41, 5.74) is 2.17. The smallest absolute Gasteiger partial charge is 0.142 e. The molecule has 96 valence electrons. The Hall–Kier alpha value is -1.26. The summed E-state index contributed by atoms with van der Waals surface area (Å²) < 4.78 is 0. The fraction of sp³-hybridized carbons (Fsp3) is 0.429. The van der Waals surface area contributed by atoms with Crippen LogP contribution in [-0.2, 0) is 13.0 Å². The molecule has 0 atom stereocenters. The van der Waals surface area contributed by atoms with Crippen LogP contribution in [0, 0.1) is 0 Å². The van der Waals surface area contributed by atoms with Gasteiger partial charge in [-0.05, 0) is 31.5 Å². The van der Waals surface area contributed by atoms with Crippen molar-refractivity contribution in [2.24, 2.45) is 0 Å². The quantitative estimate of drug-likeness (QED) is 0.811. The third-order valence-corrected chi connectivity index (χ3v) is 3.83. The number of hydrogen-bond donors (Lipinski definition) is 1. The number of pyridine rings is 1. The second kappa shape index (κ2) is 6.61. The highest BCUT2D eigenvalue weighted by Crippen LogP contribution is 2.26. The first-order valence-corrected chi connectivity index (χ1v) is 7.27. The highest BCUT2D eigenvalue weighted by molar-refractivity contribution is 7.15. The second-order valence-corrected chi connectivity index (χ2v) is 5.22. The minimum atomic E-state index is 0.918. The van der Waals surface area contributed by atoms with Crippen LogP contribution < -0.4 is 5.32 Å². The maximum atomic E-state index is 4.69. The van der Waals surface area contributed by atoms with Gasteiger partial charge in [0.15, 0.2) is 0 Å². The van der Waals surface area contributed by atoms with Gasteiger partial charge in [0.1, 0.15) is 5.01 Å². The minimum absolute atomic E-state index is 0.918. The molecule has 3 nitrogen and oxygen atoms in total. The summed E-state index contributed by atoms with van der Waals surface area (Å²) in [4.78, 5) is 10.4. The van der Waals surface area contributed by atoms with Gasteiger partial charge >= 0.3 is 0 Å². The van der Waals surface area contributed by atoms with E-state index in [9.17, 15) is 0 Å². The van der Waals surface area contributed by atoms with Crippen LogP contribution in [0.4, 0.5) is 0 Å². The zero-order valence-electron chi connectivity index (χ0n) is 10.9. The van der Waals surface area contributed by atoms with Crippen LogP contribution in [0.2, 0.25) is 0 Å². The fourth-order valence-electron chi connectivity index (χ4n) is 1.78. The molecule has 2 heterocycles. The summed E-state index contributed by atoms with van der Waals surface area (Å²) in [6.45, 7) is 6.31. The van der Waals surface area contributed by atoms with E-state index in [1.807, 2.05) is 24.4 Å². The van der Waals surface area contributed by atoms with Crippen LogP contribution >= 0.6 is 11.3 Å². The van der Waals surface area contributed by atoms with Gasteiger partial charge in [-0.15, -0.1) is 11.3 Å². The molecule has 2 rings (SSSR count). The minimum Gasteiger partial charge on any atom is -0.312 e. The van der Waals surface area contributed by atoms with E-state index in [0.29, 0.717) is 0 Å². The topological polar surface area (TPSA) is 37.8 Å². The predicted octanol–water partition coefficient (Wildman–Crippen LogP) is 3.27. The molecule has 0 amide bonds. The van der Waals surface area contributed by atoms with Crippen molar-refractivity contribution in [3.8, 4) is 10.7 Å². The molecule has 0 radical (unpaired) electrons. The molecule has 0 spiro atoms. The van der Waals surface area contributed by atoms with E-state index in [1.54, 1.807) is 11.3 Å². The summed E-state index contributed by atoms with van der Waals surface area (Å²) in [6.07, 6.45) is 3.96. The molecule has 0 aliphatic heterocycles. The van der Waals surface area contributed by atoms with Crippen molar-refractivity contribution in [2.45, 2.75) is 33.2 Å². The number of aryl methyl sites for hydroxylation is 1. The third-order valence-electron chi connectivity index (χ3n) is 2.71. The molecular formula is C14H19N3S. The third kappa shape index (κ3) is 3.15. The summed E-state index contributed by atoms with van der Waals surface area (Å²) in [7, 11) is 0. The Labute approximate surface area is 112 Å². The average Bonchev–Trinajstić information content (AvgIpc) is 2.83. The summed E-state index contributed by atoms with van der Waals surface area (Å²) in [5, 5.41) is 4.47. The van der Waals surface area contributed by atoms with Gasteiger partial charge in [0, 0.05) is 17.6 Å². The average molecular weight is 261 g/mol. The van der Waals surface area contributed by atoms with Crippen LogP contribution in [0.3, 0.4) is 0 Å². The Morgan fingerprint density at radius 2 is 2.17 bits per heavy atom. The largest absolute Gasteiger partial charge is 0.312 e. The standard InChI is InChI=1S/C14H19N3S/c1-3-8-15-10-13-11(4-2)17-14(18-13)12-7-5-6-9-16-12/h5-7,9,15H,3-4,8,10H2,1-2H3. The molecule has 0 fully saturated rings. The van der Waals surface area contributed by atoms with Gasteiger partial charge in [-0.1, -0.05) is 19.9 Å². The molecule has 0 aliphatic carbocycles. The van der Waals surface area contributed by atoms with Crippen molar-refractivity contribution in [1.82, 2.24) is 15.3 Å². The number of nitrogens with one attached hydrogen (secondary N) is 1. The summed E-state index contributed by atoms with van der Waals surface area (Å²) >= 11 is 1.75. The Bertz CT molecular complexity index is 479. The van der Waals surface area contributed by atoms with Gasteiger partial charge in [0.25, 0.3) is 0 Å². The molecule has 0 saturated heterocycles. The Morgan fingerprint density at radius 3 is 2.83 bits per heavy atom. The molecule has 0 unspecified atom stereocenters. The molecule has 4 heteroatoms. The number of nitrogens with zero attached hydrogens (tertiary/aromatic N) is 2. The van der Waals surface area contributed by atoms with Crippen LogP contribution in [0.15, 0.2) is 24.4 Å². The molecule has 0 bridgehead atoms. The Balaban J connectivity index is 2.18. The fourth-order valence-corrected chi connectivity index (χ4v) is 2.87. The molecule has 2 aromatic heterocycles. The lowest BCUT2D eigenvalue weighted by atomic mass is 10.3. The van der Waals surface area contributed by atoms with Gasteiger partial charge in [-0.3, -0.25) is 4.98 Å². The monoisotopic (exact) mass is 261 g/mol. The first-order valence-electron chi connectivity index (χ1n) is 6.45. The first kappa shape index (κ1) is 13.2. The van der Waals surface area contributed by atoms with Crippen molar-refractivity contribution in [3.63, 3.8) is 0 Å². The van der Waals surface area contributed by atoms with Crippen molar-refractivity contribution in [2.75, 3.05) is 6.54 Å². The molecule has 0 saturated carbocycles. The highest BCUT2D eigenvalue weighted by atomic mass is 32.1. The Kier molecular flexibility index (Phi) is 4.84. The lowest BCUT2D eigenvalue weighted by Gasteiger charge is -2.01.